The Kier molecular flexibility index (Phi) is 46.4. The molecule has 0 aliphatic rings. The normalized spacial score (nSPS) is 13.5. The molecule has 0 bridgehead atoms. The fraction of sp³-hybridized carbons (Fsp3) is 0.712. The highest BCUT2D eigenvalue weighted by atomic mass is 16.6. The van der Waals surface area contributed by atoms with Crippen LogP contribution < -0.4 is 5.11 Å². The zero-order valence-corrected chi connectivity index (χ0v) is 43.8. The summed E-state index contributed by atoms with van der Waals surface area (Å²) in [5.74, 6) is -1.75. The summed E-state index contributed by atoms with van der Waals surface area (Å²) in [6, 6.07) is -0.732. The van der Waals surface area contributed by atoms with Crippen molar-refractivity contribution < 1.29 is 38.2 Å². The van der Waals surface area contributed by atoms with Crippen LogP contribution in [0.3, 0.4) is 0 Å². The van der Waals surface area contributed by atoms with Gasteiger partial charge in [-0.3, -0.25) is 9.59 Å². The van der Waals surface area contributed by atoms with Gasteiger partial charge in [0.2, 0.25) is 0 Å². The average Bonchev–Trinajstić information content (AvgIpc) is 3.29. The molecule has 0 saturated carbocycles. The molecule has 67 heavy (non-hydrogen) atoms. The van der Waals surface area contributed by atoms with E-state index >= 15 is 0 Å². The molecule has 384 valence electrons. The van der Waals surface area contributed by atoms with Gasteiger partial charge in [0, 0.05) is 19.3 Å². The number of aliphatic carboxylic acids is 1. The number of likely N-dealkylation sites (N-methyl/N-ethyl adjacent to an activating group) is 1. The Morgan fingerprint density at radius 1 is 0.448 bits per heavy atom. The molecular weight excluding hydrogens is 835 g/mol. The first kappa shape index (κ1) is 63.5. The first-order chi connectivity index (χ1) is 32.6. The smallest absolute Gasteiger partial charge is 0.306 e. The van der Waals surface area contributed by atoms with Crippen LogP contribution in [-0.2, 0) is 28.6 Å². The zero-order valence-electron chi connectivity index (χ0n) is 43.8. The molecule has 2 unspecified atom stereocenters. The van der Waals surface area contributed by atoms with E-state index in [0.717, 1.165) is 89.9 Å². The minimum absolute atomic E-state index is 0.0346. The highest BCUT2D eigenvalue weighted by molar-refractivity contribution is 5.70. The van der Waals surface area contributed by atoms with Crippen LogP contribution in [-0.4, -0.2) is 75.5 Å². The van der Waals surface area contributed by atoms with E-state index in [9.17, 15) is 19.5 Å². The second kappa shape index (κ2) is 48.9. The van der Waals surface area contributed by atoms with Crippen molar-refractivity contribution in [3.05, 3.63) is 85.1 Å². The van der Waals surface area contributed by atoms with Crippen molar-refractivity contribution in [2.75, 3.05) is 41.0 Å². The molecule has 0 aliphatic carbocycles. The molecule has 8 heteroatoms. The van der Waals surface area contributed by atoms with Crippen LogP contribution in [0, 0.1) is 0 Å². The van der Waals surface area contributed by atoms with Gasteiger partial charge < -0.3 is 28.6 Å². The van der Waals surface area contributed by atoms with E-state index in [1.54, 1.807) is 21.1 Å². The second-order valence-corrected chi connectivity index (χ2v) is 19.1. The quantitative estimate of drug-likeness (QED) is 0.0259. The Balaban J connectivity index is 4.22. The third-order valence-electron chi connectivity index (χ3n) is 11.8. The van der Waals surface area contributed by atoms with E-state index in [1.807, 2.05) is 0 Å². The van der Waals surface area contributed by atoms with E-state index in [1.165, 1.54) is 96.3 Å². The lowest BCUT2D eigenvalue weighted by molar-refractivity contribution is -0.889. The van der Waals surface area contributed by atoms with Crippen LogP contribution in [0.25, 0.3) is 0 Å². The number of rotatable bonds is 48. The molecule has 8 nitrogen and oxygen atoms in total. The molecule has 0 aromatic heterocycles. The van der Waals surface area contributed by atoms with Gasteiger partial charge in [-0.2, -0.15) is 0 Å². The molecule has 0 rings (SSSR count). The lowest BCUT2D eigenvalue weighted by Crippen LogP contribution is -2.55. The molecule has 0 radical (unpaired) electrons. The molecule has 0 saturated heterocycles. The number of esters is 2. The maximum absolute atomic E-state index is 12.8. The molecule has 0 aromatic rings. The van der Waals surface area contributed by atoms with Crippen LogP contribution in [0.2, 0.25) is 0 Å². The topological polar surface area (TPSA) is 102 Å². The predicted octanol–water partition coefficient (Wildman–Crippen LogP) is 14.7. The highest BCUT2D eigenvalue weighted by Crippen LogP contribution is 2.15. The molecule has 2 atom stereocenters. The van der Waals surface area contributed by atoms with Crippen molar-refractivity contribution in [2.45, 2.75) is 231 Å². The van der Waals surface area contributed by atoms with Gasteiger partial charge in [0.25, 0.3) is 0 Å². The van der Waals surface area contributed by atoms with Crippen molar-refractivity contribution in [3.8, 4) is 0 Å². The van der Waals surface area contributed by atoms with Crippen LogP contribution in [0.4, 0.5) is 0 Å². The lowest BCUT2D eigenvalue weighted by Gasteiger charge is -2.34. The van der Waals surface area contributed by atoms with Gasteiger partial charge in [0.15, 0.2) is 6.10 Å². The minimum atomic E-state index is -1.13. The summed E-state index contributed by atoms with van der Waals surface area (Å²) in [5.41, 5.74) is 0. The first-order valence-corrected chi connectivity index (χ1v) is 27.1. The second-order valence-electron chi connectivity index (χ2n) is 19.1. The number of carboxylic acid groups (broad SMARTS) is 1. The highest BCUT2D eigenvalue weighted by Gasteiger charge is 2.25. The largest absolute Gasteiger partial charge is 0.544 e. The number of quaternary nitrogens is 1. The van der Waals surface area contributed by atoms with Crippen LogP contribution in [0.1, 0.15) is 219 Å². The summed E-state index contributed by atoms with van der Waals surface area (Å²) < 4.78 is 17.3. The Labute approximate surface area is 412 Å². The number of carbonyl (C=O) groups is 3. The predicted molar refractivity (Wildman–Crippen MR) is 282 cm³/mol. The number of ether oxygens (including phenoxy) is 3. The van der Waals surface area contributed by atoms with Gasteiger partial charge in [-0.15, -0.1) is 0 Å². The summed E-state index contributed by atoms with van der Waals surface area (Å²) in [6.45, 7) is 4.45. The number of allylic oxidation sites excluding steroid dienone is 14. The fourth-order valence-corrected chi connectivity index (χ4v) is 7.67. The maximum atomic E-state index is 12.8. The van der Waals surface area contributed by atoms with Crippen molar-refractivity contribution in [3.63, 3.8) is 0 Å². The van der Waals surface area contributed by atoms with Crippen molar-refractivity contribution in [1.29, 1.82) is 0 Å². The Bertz CT molecular complexity index is 1370. The zero-order chi connectivity index (χ0) is 49.2. The molecule has 0 heterocycles. The molecule has 0 N–H and O–H groups in total. The van der Waals surface area contributed by atoms with Gasteiger partial charge in [0.05, 0.1) is 40.3 Å². The Morgan fingerprint density at radius 2 is 0.791 bits per heavy atom. The molecule has 0 aliphatic heterocycles. The van der Waals surface area contributed by atoms with Crippen LogP contribution in [0.15, 0.2) is 85.1 Å². The number of unbranched alkanes of at least 4 members (excludes halogenated alkanes) is 20. The monoisotopic (exact) mass is 936 g/mol. The summed E-state index contributed by atoms with van der Waals surface area (Å²) in [7, 11) is 5.41. The molecule has 0 aromatic carbocycles. The van der Waals surface area contributed by atoms with E-state index in [0.29, 0.717) is 12.8 Å². The third kappa shape index (κ3) is 47.4. The number of carbonyl (C=O) groups excluding carboxylic acids is 3. The summed E-state index contributed by atoms with van der Waals surface area (Å²) in [4.78, 5) is 37.1. The number of nitrogens with zero attached hydrogens (tertiary/aromatic N) is 1. The van der Waals surface area contributed by atoms with Gasteiger partial charge >= 0.3 is 11.9 Å². The summed E-state index contributed by atoms with van der Waals surface area (Å²) in [5, 5.41) is 11.7. The Hall–Kier alpha value is -3.49. The van der Waals surface area contributed by atoms with Crippen molar-refractivity contribution >= 4 is 17.9 Å². The van der Waals surface area contributed by atoms with E-state index in [-0.39, 0.29) is 42.7 Å². The molecule has 0 fully saturated rings. The minimum Gasteiger partial charge on any atom is -0.544 e. The van der Waals surface area contributed by atoms with E-state index in [2.05, 4.69) is 98.9 Å². The number of hydrogen-bond acceptors (Lipinski definition) is 7. The Morgan fingerprint density at radius 3 is 1.16 bits per heavy atom. The summed E-state index contributed by atoms with van der Waals surface area (Å²) in [6.07, 6.45) is 64.7. The van der Waals surface area contributed by atoms with Gasteiger partial charge in [-0.25, -0.2) is 0 Å². The van der Waals surface area contributed by atoms with E-state index in [4.69, 9.17) is 14.2 Å². The molecule has 0 spiro atoms. The standard InChI is InChI=1S/C59H101NO7/c1-6-8-10-12-14-16-18-20-22-24-26-28-29-30-32-34-36-38-40-42-44-46-48-50-58(62)67-55(53-65-52-51-56(59(63)64)60(3,4)5)54-66-57(61)49-47-45-43-41-39-37-35-33-31-27-25-23-21-19-17-15-13-11-9-7-2/h8-11,14-17,20-23,26,28,55-56H,6-7,12-13,18-19,24-25,27,29-54H2,1-5H3/b10-8+,11-9+,16-14+,17-15+,22-20+,23-21+,28-26+. The SMILES string of the molecule is CC/C=C/C/C=C/C/C=C/C/C=C/CCCCCCCCCCCCC(=O)OC(COCCC(C(=O)[O-])[N+](C)(C)C)COC(=O)CCCCCCCCCCCC/C=C/C/C=C/C/C=C/CC. The average molecular weight is 936 g/mol. The fourth-order valence-electron chi connectivity index (χ4n) is 7.67. The third-order valence-corrected chi connectivity index (χ3v) is 11.8. The van der Waals surface area contributed by atoms with Crippen molar-refractivity contribution in [2.24, 2.45) is 0 Å². The number of carboxylic acids is 1. The first-order valence-electron chi connectivity index (χ1n) is 27.1. The van der Waals surface area contributed by atoms with Gasteiger partial charge in [-0.05, 0) is 83.5 Å². The maximum Gasteiger partial charge on any atom is 0.306 e. The number of hydrogen-bond donors (Lipinski definition) is 0. The van der Waals surface area contributed by atoms with E-state index < -0.39 is 18.1 Å². The van der Waals surface area contributed by atoms with Crippen molar-refractivity contribution in [1.82, 2.24) is 0 Å². The van der Waals surface area contributed by atoms with Crippen LogP contribution in [0.5, 0.6) is 0 Å². The van der Waals surface area contributed by atoms with Crippen LogP contribution >= 0.6 is 0 Å². The lowest BCUT2D eigenvalue weighted by atomic mass is 10.0. The molecule has 0 amide bonds. The van der Waals surface area contributed by atoms with Gasteiger partial charge in [0.1, 0.15) is 12.6 Å². The van der Waals surface area contributed by atoms with Gasteiger partial charge in [-0.1, -0.05) is 202 Å². The molecular formula is C59H101NO7. The summed E-state index contributed by atoms with van der Waals surface area (Å²) >= 11 is 0.